The topological polar surface area (TPSA) is 70.8 Å². The quantitative estimate of drug-likeness (QED) is 0.914. The molecule has 19 heavy (non-hydrogen) atoms. The summed E-state index contributed by atoms with van der Waals surface area (Å²) in [5.41, 5.74) is 1.48. The summed E-state index contributed by atoms with van der Waals surface area (Å²) in [5, 5.41) is 8.94. The molecule has 98 valence electrons. The van der Waals surface area contributed by atoms with E-state index in [0.717, 1.165) is 5.56 Å². The van der Waals surface area contributed by atoms with Crippen molar-refractivity contribution in [1.29, 1.82) is 0 Å². The Morgan fingerprint density at radius 2 is 2.05 bits per heavy atom. The van der Waals surface area contributed by atoms with Gasteiger partial charge in [-0.15, -0.1) is 0 Å². The fourth-order valence-corrected chi connectivity index (χ4v) is 1.74. The predicted molar refractivity (Wildman–Crippen MR) is 69.2 cm³/mol. The highest BCUT2D eigenvalue weighted by Crippen LogP contribution is 2.18. The fraction of sp³-hybridized carbons (Fsp3) is 0.143. The Morgan fingerprint density at radius 1 is 1.26 bits per heavy atom. The average molecular weight is 259 g/mol. The molecule has 1 aromatic carbocycles. The number of carbonyl (C=O) groups is 2. The maximum Gasteiger partial charge on any atom is 0.323 e. The third-order valence-corrected chi connectivity index (χ3v) is 2.58. The normalized spacial score (nSPS) is 10.2. The second-order valence-corrected chi connectivity index (χ2v) is 4.10. The number of rotatable bonds is 4. The van der Waals surface area contributed by atoms with Gasteiger partial charge in [-0.05, 0) is 36.8 Å². The Balaban J connectivity index is 2.36. The first-order valence-electron chi connectivity index (χ1n) is 5.72. The van der Waals surface area contributed by atoms with E-state index in [2.05, 4.69) is 0 Å². The number of carboxylic acids is 1. The van der Waals surface area contributed by atoms with Crippen LogP contribution >= 0.6 is 0 Å². The van der Waals surface area contributed by atoms with Gasteiger partial charge in [0.25, 0.3) is 5.91 Å². The molecule has 0 aliphatic heterocycles. The maximum absolute atomic E-state index is 12.2. The number of anilines is 1. The van der Waals surface area contributed by atoms with E-state index < -0.39 is 18.4 Å². The molecule has 5 heteroatoms. The van der Waals surface area contributed by atoms with Gasteiger partial charge in [-0.25, -0.2) is 0 Å². The molecule has 1 heterocycles. The summed E-state index contributed by atoms with van der Waals surface area (Å²) in [5.74, 6) is -1.44. The van der Waals surface area contributed by atoms with Gasteiger partial charge in [-0.1, -0.05) is 12.1 Å². The molecule has 0 unspecified atom stereocenters. The molecule has 0 aliphatic rings. The third kappa shape index (κ3) is 3.01. The van der Waals surface area contributed by atoms with E-state index >= 15 is 0 Å². The molecular formula is C14H13NO4. The van der Waals surface area contributed by atoms with Crippen LogP contribution in [0.5, 0.6) is 0 Å². The summed E-state index contributed by atoms with van der Waals surface area (Å²) in [4.78, 5) is 24.3. The first-order chi connectivity index (χ1) is 9.08. The Bertz CT molecular complexity index is 589. The van der Waals surface area contributed by atoms with Gasteiger partial charge in [-0.2, -0.15) is 0 Å². The molecule has 2 aromatic rings. The second kappa shape index (κ2) is 5.39. The SMILES string of the molecule is Cc1cccc(N(CC(=O)O)C(=O)c2ccco2)c1. The minimum atomic E-state index is -1.08. The van der Waals surface area contributed by atoms with Crippen molar-refractivity contribution in [3.8, 4) is 0 Å². The highest BCUT2D eigenvalue weighted by atomic mass is 16.4. The van der Waals surface area contributed by atoms with Gasteiger partial charge in [0.15, 0.2) is 5.76 Å². The first kappa shape index (κ1) is 12.9. The monoisotopic (exact) mass is 259 g/mol. The number of aryl methyl sites for hydroxylation is 1. The van der Waals surface area contributed by atoms with Gasteiger partial charge < -0.3 is 9.52 Å². The average Bonchev–Trinajstić information content (AvgIpc) is 2.88. The summed E-state index contributed by atoms with van der Waals surface area (Å²) in [6, 6.07) is 10.2. The van der Waals surface area contributed by atoms with Gasteiger partial charge in [0.05, 0.1) is 6.26 Å². The number of furan rings is 1. The van der Waals surface area contributed by atoms with Gasteiger partial charge in [-0.3, -0.25) is 14.5 Å². The Labute approximate surface area is 110 Å². The van der Waals surface area contributed by atoms with Crippen molar-refractivity contribution < 1.29 is 19.1 Å². The van der Waals surface area contributed by atoms with E-state index in [4.69, 9.17) is 9.52 Å². The van der Waals surface area contributed by atoms with Crippen molar-refractivity contribution >= 4 is 17.6 Å². The first-order valence-corrected chi connectivity index (χ1v) is 5.72. The van der Waals surface area contributed by atoms with E-state index in [0.29, 0.717) is 5.69 Å². The zero-order valence-corrected chi connectivity index (χ0v) is 10.4. The number of amides is 1. The number of nitrogens with zero attached hydrogens (tertiary/aromatic N) is 1. The Hall–Kier alpha value is -2.56. The molecule has 0 aliphatic carbocycles. The molecule has 0 bridgehead atoms. The fourth-order valence-electron chi connectivity index (χ4n) is 1.74. The molecular weight excluding hydrogens is 246 g/mol. The number of hydrogen-bond acceptors (Lipinski definition) is 3. The lowest BCUT2D eigenvalue weighted by Crippen LogP contribution is -2.35. The molecule has 0 atom stereocenters. The molecule has 1 amide bonds. The van der Waals surface area contributed by atoms with E-state index in [-0.39, 0.29) is 5.76 Å². The van der Waals surface area contributed by atoms with E-state index in [1.54, 1.807) is 24.3 Å². The van der Waals surface area contributed by atoms with Gasteiger partial charge in [0.2, 0.25) is 0 Å². The highest BCUT2D eigenvalue weighted by Gasteiger charge is 2.22. The standard InChI is InChI=1S/C14H13NO4/c1-10-4-2-5-11(8-10)15(9-13(16)17)14(18)12-6-3-7-19-12/h2-8H,9H2,1H3,(H,16,17). The van der Waals surface area contributed by atoms with Crippen LogP contribution in [0.3, 0.4) is 0 Å². The molecule has 0 saturated carbocycles. The molecule has 0 radical (unpaired) electrons. The zero-order chi connectivity index (χ0) is 13.8. The number of hydrogen-bond donors (Lipinski definition) is 1. The summed E-state index contributed by atoms with van der Waals surface area (Å²) < 4.78 is 5.03. The van der Waals surface area contributed by atoms with Gasteiger partial charge in [0.1, 0.15) is 6.54 Å². The van der Waals surface area contributed by atoms with E-state index in [1.807, 2.05) is 13.0 Å². The molecule has 1 N–H and O–H groups in total. The minimum Gasteiger partial charge on any atom is -0.480 e. The lowest BCUT2D eigenvalue weighted by atomic mass is 10.2. The summed E-state index contributed by atoms with van der Waals surface area (Å²) >= 11 is 0. The summed E-state index contributed by atoms with van der Waals surface area (Å²) in [6.45, 7) is 1.46. The van der Waals surface area contributed by atoms with Crippen molar-refractivity contribution in [2.24, 2.45) is 0 Å². The van der Waals surface area contributed by atoms with Crippen molar-refractivity contribution in [1.82, 2.24) is 0 Å². The zero-order valence-electron chi connectivity index (χ0n) is 10.4. The van der Waals surface area contributed by atoms with Crippen LogP contribution in [0.15, 0.2) is 47.1 Å². The van der Waals surface area contributed by atoms with Gasteiger partial charge in [0, 0.05) is 5.69 Å². The van der Waals surface area contributed by atoms with Crippen LogP contribution in [0.25, 0.3) is 0 Å². The van der Waals surface area contributed by atoms with Crippen molar-refractivity contribution in [3.63, 3.8) is 0 Å². The van der Waals surface area contributed by atoms with Crippen LogP contribution in [-0.4, -0.2) is 23.5 Å². The van der Waals surface area contributed by atoms with E-state index in [1.165, 1.54) is 17.2 Å². The van der Waals surface area contributed by atoms with Crippen LogP contribution in [0.4, 0.5) is 5.69 Å². The second-order valence-electron chi connectivity index (χ2n) is 4.10. The van der Waals surface area contributed by atoms with Gasteiger partial charge >= 0.3 is 5.97 Å². The molecule has 0 spiro atoms. The van der Waals surface area contributed by atoms with Crippen LogP contribution in [0.2, 0.25) is 0 Å². The Morgan fingerprint density at radius 3 is 2.63 bits per heavy atom. The van der Waals surface area contributed by atoms with Crippen molar-refractivity contribution in [3.05, 3.63) is 54.0 Å². The largest absolute Gasteiger partial charge is 0.480 e. The number of carbonyl (C=O) groups excluding carboxylic acids is 1. The van der Waals surface area contributed by atoms with Crippen LogP contribution < -0.4 is 4.90 Å². The number of benzene rings is 1. The maximum atomic E-state index is 12.2. The number of aliphatic carboxylic acids is 1. The molecule has 0 saturated heterocycles. The van der Waals surface area contributed by atoms with Crippen molar-refractivity contribution in [2.75, 3.05) is 11.4 Å². The Kier molecular flexibility index (Phi) is 3.66. The van der Waals surface area contributed by atoms with Crippen LogP contribution in [0, 0.1) is 6.92 Å². The molecule has 0 fully saturated rings. The summed E-state index contributed by atoms with van der Waals surface area (Å²) in [7, 11) is 0. The van der Waals surface area contributed by atoms with Crippen molar-refractivity contribution in [2.45, 2.75) is 6.92 Å². The molecule has 1 aromatic heterocycles. The number of carboxylic acid groups (broad SMARTS) is 1. The third-order valence-electron chi connectivity index (χ3n) is 2.58. The lowest BCUT2D eigenvalue weighted by Gasteiger charge is -2.20. The molecule has 5 nitrogen and oxygen atoms in total. The molecule has 2 rings (SSSR count). The highest BCUT2D eigenvalue weighted by molar-refractivity contribution is 6.06. The lowest BCUT2D eigenvalue weighted by molar-refractivity contribution is -0.135. The predicted octanol–water partition coefficient (Wildman–Crippen LogP) is 2.32. The summed E-state index contributed by atoms with van der Waals surface area (Å²) in [6.07, 6.45) is 1.38. The smallest absolute Gasteiger partial charge is 0.323 e. The van der Waals surface area contributed by atoms with Crippen LogP contribution in [-0.2, 0) is 4.79 Å². The minimum absolute atomic E-state index is 0.114. The van der Waals surface area contributed by atoms with E-state index in [9.17, 15) is 9.59 Å². The van der Waals surface area contributed by atoms with Crippen LogP contribution in [0.1, 0.15) is 16.1 Å².